The molecule has 30 heavy (non-hydrogen) atoms. The highest BCUT2D eigenvalue weighted by Gasteiger charge is 2.35. The second-order valence-electron chi connectivity index (χ2n) is 7.26. The molecule has 1 aliphatic heterocycles. The van der Waals surface area contributed by atoms with Crippen LogP contribution in [0.3, 0.4) is 0 Å². The van der Waals surface area contributed by atoms with Crippen molar-refractivity contribution in [1.29, 1.82) is 0 Å². The van der Waals surface area contributed by atoms with Crippen molar-refractivity contribution in [3.05, 3.63) is 75.8 Å². The van der Waals surface area contributed by atoms with E-state index < -0.39 is 0 Å². The van der Waals surface area contributed by atoms with Crippen molar-refractivity contribution in [2.24, 2.45) is 0 Å². The highest BCUT2D eigenvalue weighted by molar-refractivity contribution is 6.21. The number of nitrogens with one attached hydrogen (secondary N) is 2. The molecule has 0 spiro atoms. The van der Waals surface area contributed by atoms with Crippen molar-refractivity contribution in [1.82, 2.24) is 14.9 Å². The van der Waals surface area contributed by atoms with Crippen LogP contribution in [0.4, 0.5) is 0 Å². The highest BCUT2D eigenvalue weighted by atomic mass is 16.5. The molecule has 154 valence electrons. The zero-order valence-corrected chi connectivity index (χ0v) is 16.7. The minimum atomic E-state index is -0.265. The van der Waals surface area contributed by atoms with Crippen LogP contribution in [-0.4, -0.2) is 60.0 Å². The molecule has 8 nitrogen and oxygen atoms in total. The molecule has 0 saturated heterocycles. The maximum atomic E-state index is 12.6. The van der Waals surface area contributed by atoms with Gasteiger partial charge >= 0.3 is 0 Å². The number of quaternary nitrogens is 1. The smallest absolute Gasteiger partial charge is 0.261 e. The number of aromatic amines is 1. The highest BCUT2D eigenvalue weighted by Crippen LogP contribution is 2.21. The average Bonchev–Trinajstić information content (AvgIpc) is 3.00. The van der Waals surface area contributed by atoms with E-state index in [9.17, 15) is 14.4 Å². The Hall–Kier alpha value is -3.36. The van der Waals surface area contributed by atoms with E-state index in [0.29, 0.717) is 54.1 Å². The molecule has 1 aliphatic rings. The van der Waals surface area contributed by atoms with Gasteiger partial charge in [-0.2, -0.15) is 0 Å². The van der Waals surface area contributed by atoms with Gasteiger partial charge in [-0.1, -0.05) is 24.3 Å². The van der Waals surface area contributed by atoms with Crippen molar-refractivity contribution in [3.63, 3.8) is 0 Å². The Morgan fingerprint density at radius 2 is 1.63 bits per heavy atom. The summed E-state index contributed by atoms with van der Waals surface area (Å²) in [7, 11) is 1.62. The summed E-state index contributed by atoms with van der Waals surface area (Å²) >= 11 is 0. The normalized spacial score (nSPS) is 14.4. The van der Waals surface area contributed by atoms with Crippen LogP contribution in [0.2, 0.25) is 0 Å². The summed E-state index contributed by atoms with van der Waals surface area (Å²) in [5, 5.41) is 0.547. The van der Waals surface area contributed by atoms with Gasteiger partial charge in [-0.3, -0.25) is 19.3 Å². The Morgan fingerprint density at radius 1 is 0.967 bits per heavy atom. The third-order valence-electron chi connectivity index (χ3n) is 5.31. The minimum Gasteiger partial charge on any atom is -0.379 e. The van der Waals surface area contributed by atoms with E-state index in [1.807, 2.05) is 12.1 Å². The molecule has 2 amide bonds. The Morgan fingerprint density at radius 3 is 2.33 bits per heavy atom. The predicted octanol–water partition coefficient (Wildman–Crippen LogP) is 0.251. The molecule has 1 atom stereocenters. The molecule has 0 bridgehead atoms. The number of amides is 2. The van der Waals surface area contributed by atoms with Crippen LogP contribution in [0.1, 0.15) is 26.5 Å². The molecular formula is C22H23N4O4+. The number of carbonyl (C=O) groups is 2. The van der Waals surface area contributed by atoms with E-state index in [-0.39, 0.29) is 23.9 Å². The molecule has 0 fully saturated rings. The van der Waals surface area contributed by atoms with Gasteiger partial charge in [-0.25, -0.2) is 4.98 Å². The number of methoxy groups -OCH3 is 1. The van der Waals surface area contributed by atoms with Crippen LogP contribution in [0.5, 0.6) is 0 Å². The van der Waals surface area contributed by atoms with E-state index in [2.05, 4.69) is 9.97 Å². The van der Waals surface area contributed by atoms with E-state index >= 15 is 0 Å². The fourth-order valence-corrected chi connectivity index (χ4v) is 3.72. The van der Waals surface area contributed by atoms with Gasteiger partial charge in [0.05, 0.1) is 41.7 Å². The number of para-hydroxylation sites is 1. The van der Waals surface area contributed by atoms with Gasteiger partial charge in [0.15, 0.2) is 5.82 Å². The van der Waals surface area contributed by atoms with Gasteiger partial charge in [-0.15, -0.1) is 0 Å². The predicted molar refractivity (Wildman–Crippen MR) is 110 cm³/mol. The molecule has 2 aromatic carbocycles. The van der Waals surface area contributed by atoms with Crippen LogP contribution < -0.4 is 10.5 Å². The largest absolute Gasteiger partial charge is 0.379 e. The number of hydrogen-bond acceptors (Lipinski definition) is 5. The van der Waals surface area contributed by atoms with Crippen LogP contribution >= 0.6 is 0 Å². The first-order valence-corrected chi connectivity index (χ1v) is 9.84. The molecule has 2 N–H and O–H groups in total. The van der Waals surface area contributed by atoms with Crippen LogP contribution in [-0.2, 0) is 11.3 Å². The second-order valence-corrected chi connectivity index (χ2v) is 7.26. The fraction of sp³-hybridized carbons (Fsp3) is 0.273. The van der Waals surface area contributed by atoms with Crippen molar-refractivity contribution in [2.45, 2.75) is 6.54 Å². The lowest BCUT2D eigenvalue weighted by atomic mass is 10.1. The third-order valence-corrected chi connectivity index (χ3v) is 5.31. The number of fused-ring (bicyclic) bond motifs is 2. The van der Waals surface area contributed by atoms with Gasteiger partial charge in [0.25, 0.3) is 17.4 Å². The number of nitrogens with zero attached hydrogens (tertiary/aromatic N) is 2. The zero-order valence-electron chi connectivity index (χ0n) is 16.7. The summed E-state index contributed by atoms with van der Waals surface area (Å²) in [6.45, 7) is 2.41. The van der Waals surface area contributed by atoms with Crippen molar-refractivity contribution in [3.8, 4) is 0 Å². The summed E-state index contributed by atoms with van der Waals surface area (Å²) in [5.41, 5.74) is 1.35. The molecule has 3 aromatic rings. The van der Waals surface area contributed by atoms with Crippen molar-refractivity contribution >= 4 is 22.7 Å². The van der Waals surface area contributed by atoms with E-state index in [1.165, 1.54) is 4.90 Å². The summed E-state index contributed by atoms with van der Waals surface area (Å²) in [5.74, 6) is 0.0324. The summed E-state index contributed by atoms with van der Waals surface area (Å²) in [6, 6.07) is 14.1. The summed E-state index contributed by atoms with van der Waals surface area (Å²) in [6.07, 6.45) is 0. The van der Waals surface area contributed by atoms with Crippen molar-refractivity contribution < 1.29 is 19.2 Å². The second kappa shape index (κ2) is 8.56. The Kier molecular flexibility index (Phi) is 5.69. The Labute approximate surface area is 173 Å². The fourth-order valence-electron chi connectivity index (χ4n) is 3.72. The maximum Gasteiger partial charge on any atom is 0.261 e. The van der Waals surface area contributed by atoms with Gasteiger partial charge in [0.2, 0.25) is 0 Å². The van der Waals surface area contributed by atoms with E-state index in [4.69, 9.17) is 4.74 Å². The molecule has 8 heteroatoms. The molecule has 0 saturated carbocycles. The number of benzene rings is 2. The maximum absolute atomic E-state index is 12.6. The average molecular weight is 407 g/mol. The standard InChI is InChI=1S/C22H22N4O4/c1-30-13-12-25(14-19-23-18-9-5-4-8-17(18)20(27)24-19)10-11-26-21(28)15-6-2-3-7-16(15)22(26)29/h2-9H,10-14H2,1H3,(H,23,24,27)/p+1. The SMILES string of the molecule is COCC[NH+](CCN1C(=O)c2ccccc2C1=O)Cc1nc2ccccc2c(=O)[nH]1. The van der Waals surface area contributed by atoms with Crippen LogP contribution in [0, 0.1) is 0 Å². The van der Waals surface area contributed by atoms with Gasteiger partial charge in [0, 0.05) is 7.11 Å². The Bertz CT molecular complexity index is 1120. The molecule has 0 aliphatic carbocycles. The summed E-state index contributed by atoms with van der Waals surface area (Å²) in [4.78, 5) is 47.3. The zero-order chi connectivity index (χ0) is 21.1. The van der Waals surface area contributed by atoms with E-state index in [0.717, 1.165) is 4.90 Å². The molecule has 2 heterocycles. The molecule has 0 radical (unpaired) electrons. The molecule has 1 unspecified atom stereocenters. The first-order chi connectivity index (χ1) is 14.6. The first-order valence-electron chi connectivity index (χ1n) is 9.84. The van der Waals surface area contributed by atoms with Gasteiger partial charge in [-0.05, 0) is 24.3 Å². The number of ether oxygens (including phenoxy) is 1. The number of carbonyl (C=O) groups excluding carboxylic acids is 2. The third kappa shape index (κ3) is 3.87. The lowest BCUT2D eigenvalue weighted by molar-refractivity contribution is -0.914. The number of hydrogen-bond donors (Lipinski definition) is 2. The lowest BCUT2D eigenvalue weighted by Crippen LogP contribution is -3.12. The number of imide groups is 1. The lowest BCUT2D eigenvalue weighted by Gasteiger charge is -2.21. The summed E-state index contributed by atoms with van der Waals surface area (Å²) < 4.78 is 5.21. The van der Waals surface area contributed by atoms with Gasteiger partial charge < -0.3 is 14.6 Å². The van der Waals surface area contributed by atoms with Gasteiger partial charge in [0.1, 0.15) is 13.1 Å². The minimum absolute atomic E-state index is 0.179. The quantitative estimate of drug-likeness (QED) is 0.522. The van der Waals surface area contributed by atoms with Crippen LogP contribution in [0.25, 0.3) is 10.9 Å². The Balaban J connectivity index is 1.49. The van der Waals surface area contributed by atoms with E-state index in [1.54, 1.807) is 43.5 Å². The van der Waals surface area contributed by atoms with Crippen LogP contribution in [0.15, 0.2) is 53.3 Å². The first kappa shape index (κ1) is 19.9. The molecule has 4 rings (SSSR count). The number of rotatable bonds is 8. The molecular weight excluding hydrogens is 384 g/mol. The number of H-pyrrole nitrogens is 1. The monoisotopic (exact) mass is 407 g/mol. The number of aromatic nitrogens is 2. The molecule has 1 aromatic heterocycles. The van der Waals surface area contributed by atoms with Crippen molar-refractivity contribution in [2.75, 3.05) is 33.4 Å². The topological polar surface area (TPSA) is 96.8 Å².